The van der Waals surface area contributed by atoms with Crippen molar-refractivity contribution in [1.82, 2.24) is 15.0 Å². The molecule has 0 aliphatic heterocycles. The van der Waals surface area contributed by atoms with E-state index in [9.17, 15) is 9.18 Å². The van der Waals surface area contributed by atoms with Crippen LogP contribution < -0.4 is 0 Å². The van der Waals surface area contributed by atoms with Crippen LogP contribution in [0.2, 0.25) is 0 Å². The summed E-state index contributed by atoms with van der Waals surface area (Å²) in [6.45, 7) is 1.56. The number of rotatable bonds is 7. The van der Waals surface area contributed by atoms with Crippen LogP contribution in [0.15, 0.2) is 35.0 Å². The number of fused-ring (bicyclic) bond motifs is 1. The summed E-state index contributed by atoms with van der Waals surface area (Å²) < 4.78 is 17.9. The van der Waals surface area contributed by atoms with Gasteiger partial charge in [0.1, 0.15) is 11.5 Å². The molecule has 0 bridgehead atoms. The maximum Gasteiger partial charge on any atom is 0.191 e. The fraction of sp³-hybridized carbons (Fsp3) is 0.478. The molecule has 0 unspecified atom stereocenters. The van der Waals surface area contributed by atoms with Crippen molar-refractivity contribution in [3.63, 3.8) is 0 Å². The Labute approximate surface area is 169 Å². The molecule has 152 valence electrons. The number of hydrogen-bond acceptors (Lipinski definition) is 5. The lowest BCUT2D eigenvalue weighted by Gasteiger charge is -2.27. The summed E-state index contributed by atoms with van der Waals surface area (Å²) in [5.41, 5.74) is 2.26. The summed E-state index contributed by atoms with van der Waals surface area (Å²) in [6, 6.07) is 5.73. The highest BCUT2D eigenvalue weighted by Gasteiger charge is 2.26. The van der Waals surface area contributed by atoms with Crippen LogP contribution in [0.5, 0.6) is 0 Å². The molecule has 0 amide bonds. The van der Waals surface area contributed by atoms with Gasteiger partial charge in [0, 0.05) is 36.5 Å². The Kier molecular flexibility index (Phi) is 5.97. The second-order valence-corrected chi connectivity index (χ2v) is 8.00. The van der Waals surface area contributed by atoms with Crippen molar-refractivity contribution in [2.24, 2.45) is 11.8 Å². The Morgan fingerprint density at radius 1 is 1.17 bits per heavy atom. The highest BCUT2D eigenvalue weighted by molar-refractivity contribution is 5.85. The van der Waals surface area contributed by atoms with Crippen molar-refractivity contribution in [3.05, 3.63) is 42.2 Å². The largest absolute Gasteiger partial charge is 0.439 e. The van der Waals surface area contributed by atoms with Gasteiger partial charge in [-0.3, -0.25) is 14.2 Å². The van der Waals surface area contributed by atoms with E-state index >= 15 is 0 Å². The molecule has 1 fully saturated rings. The Balaban J connectivity index is 1.43. The molecule has 0 atom stereocenters. The molecule has 5 nitrogen and oxygen atoms in total. The topological polar surface area (TPSA) is 68.9 Å². The fourth-order valence-electron chi connectivity index (χ4n) is 4.23. The van der Waals surface area contributed by atoms with Gasteiger partial charge in [-0.2, -0.15) is 0 Å². The zero-order valence-corrected chi connectivity index (χ0v) is 16.7. The normalized spacial score (nSPS) is 19.5. The summed E-state index contributed by atoms with van der Waals surface area (Å²) in [4.78, 5) is 26.0. The molecule has 3 aromatic heterocycles. The summed E-state index contributed by atoms with van der Waals surface area (Å²) in [5, 5.41) is 0.926. The second kappa shape index (κ2) is 8.80. The van der Waals surface area contributed by atoms with Crippen LogP contribution in [0.4, 0.5) is 4.39 Å². The molecule has 1 aliphatic carbocycles. The molecule has 1 saturated carbocycles. The number of carbonyl (C=O) groups excluding carboxylic acids is 1. The molecular formula is C23H26FN3O2. The monoisotopic (exact) mass is 395 g/mol. The molecule has 1 aliphatic rings. The maximum atomic E-state index is 12.8. The number of oxazole rings is 1. The van der Waals surface area contributed by atoms with Gasteiger partial charge in [0.25, 0.3) is 0 Å². The van der Waals surface area contributed by atoms with Crippen molar-refractivity contribution >= 4 is 16.7 Å². The first-order chi connectivity index (χ1) is 14.1. The smallest absolute Gasteiger partial charge is 0.191 e. The number of aryl methyl sites for hydroxylation is 1. The van der Waals surface area contributed by atoms with Crippen LogP contribution >= 0.6 is 0 Å². The van der Waals surface area contributed by atoms with E-state index in [4.69, 9.17) is 4.42 Å². The van der Waals surface area contributed by atoms with Crippen LogP contribution in [-0.2, 0) is 11.2 Å². The van der Waals surface area contributed by atoms with E-state index in [1.54, 1.807) is 19.3 Å². The number of Topliss-reactive ketones (excluding diaryl/α,β-unsaturated/α-hetero) is 1. The zero-order chi connectivity index (χ0) is 20.2. The predicted molar refractivity (Wildman–Crippen MR) is 109 cm³/mol. The van der Waals surface area contributed by atoms with Crippen LogP contribution in [0.3, 0.4) is 0 Å². The minimum absolute atomic E-state index is 0.102. The lowest BCUT2D eigenvalue weighted by atomic mass is 9.77. The minimum atomic E-state index is -0.238. The number of alkyl halides is 1. The van der Waals surface area contributed by atoms with E-state index in [1.807, 2.05) is 18.2 Å². The second-order valence-electron chi connectivity index (χ2n) is 8.00. The molecule has 6 heteroatoms. The minimum Gasteiger partial charge on any atom is -0.439 e. The third-order valence-corrected chi connectivity index (χ3v) is 5.91. The average Bonchev–Trinajstić information content (AvgIpc) is 3.18. The number of carbonyl (C=O) groups is 1. The molecule has 29 heavy (non-hydrogen) atoms. The van der Waals surface area contributed by atoms with Gasteiger partial charge < -0.3 is 4.42 Å². The molecule has 0 spiro atoms. The van der Waals surface area contributed by atoms with Crippen molar-refractivity contribution in [1.29, 1.82) is 0 Å². The molecule has 0 aromatic carbocycles. The first-order valence-corrected chi connectivity index (χ1v) is 10.4. The maximum absolute atomic E-state index is 12.8. The van der Waals surface area contributed by atoms with E-state index < -0.39 is 0 Å². The van der Waals surface area contributed by atoms with Crippen molar-refractivity contribution in [2.45, 2.75) is 51.9 Å². The summed E-state index contributed by atoms with van der Waals surface area (Å²) >= 11 is 0. The Morgan fingerprint density at radius 2 is 2.00 bits per heavy atom. The first-order valence-electron chi connectivity index (χ1n) is 10.4. The van der Waals surface area contributed by atoms with Gasteiger partial charge in [-0.05, 0) is 62.6 Å². The quantitative estimate of drug-likeness (QED) is 0.546. The SMILES string of the molecule is Cc1ncc(-c2ccc3cnc(CC(=O)C4CCC(CCCF)CC4)cc3n2)o1. The molecule has 0 radical (unpaired) electrons. The van der Waals surface area contributed by atoms with E-state index in [0.29, 0.717) is 36.1 Å². The van der Waals surface area contributed by atoms with Gasteiger partial charge in [-0.25, -0.2) is 9.97 Å². The molecule has 3 heterocycles. The molecule has 0 N–H and O–H groups in total. The first kappa shape index (κ1) is 19.7. The van der Waals surface area contributed by atoms with Crippen LogP contribution in [0, 0.1) is 18.8 Å². The number of hydrogen-bond donors (Lipinski definition) is 0. The summed E-state index contributed by atoms with van der Waals surface area (Å²) in [6.07, 6.45) is 9.25. The number of ketones is 1. The number of pyridine rings is 2. The van der Waals surface area contributed by atoms with Crippen molar-refractivity contribution in [2.75, 3.05) is 6.67 Å². The van der Waals surface area contributed by atoms with Gasteiger partial charge in [-0.1, -0.05) is 0 Å². The Hall–Kier alpha value is -2.63. The van der Waals surface area contributed by atoms with E-state index in [2.05, 4.69) is 15.0 Å². The van der Waals surface area contributed by atoms with E-state index in [0.717, 1.165) is 48.7 Å². The van der Waals surface area contributed by atoms with Gasteiger partial charge in [0.2, 0.25) is 0 Å². The van der Waals surface area contributed by atoms with Gasteiger partial charge >= 0.3 is 0 Å². The number of nitrogens with zero attached hydrogens (tertiary/aromatic N) is 3. The standard InChI is InChI=1S/C23H26FN3O2/c1-15-25-14-23(29-15)20-9-8-18-13-26-19(11-21(18)27-20)12-22(28)17-6-4-16(5-7-17)3-2-10-24/h8-9,11,13-14,16-17H,2-7,10,12H2,1H3. The molecule has 0 saturated heterocycles. The Morgan fingerprint density at radius 3 is 2.72 bits per heavy atom. The number of halogens is 1. The lowest BCUT2D eigenvalue weighted by molar-refractivity contribution is -0.123. The number of aromatic nitrogens is 3. The van der Waals surface area contributed by atoms with Gasteiger partial charge in [-0.15, -0.1) is 0 Å². The predicted octanol–water partition coefficient (Wildman–Crippen LogP) is 5.26. The van der Waals surface area contributed by atoms with E-state index in [1.165, 1.54) is 0 Å². The van der Waals surface area contributed by atoms with Crippen molar-refractivity contribution < 1.29 is 13.6 Å². The lowest BCUT2D eigenvalue weighted by Crippen LogP contribution is -2.23. The van der Waals surface area contributed by atoms with Gasteiger partial charge in [0.05, 0.1) is 18.4 Å². The third-order valence-electron chi connectivity index (χ3n) is 5.91. The fourth-order valence-corrected chi connectivity index (χ4v) is 4.23. The molecule has 4 rings (SSSR count). The third kappa shape index (κ3) is 4.69. The van der Waals surface area contributed by atoms with Gasteiger partial charge in [0.15, 0.2) is 11.7 Å². The summed E-state index contributed by atoms with van der Waals surface area (Å²) in [7, 11) is 0. The molecule has 3 aromatic rings. The highest BCUT2D eigenvalue weighted by atomic mass is 19.1. The van der Waals surface area contributed by atoms with Crippen LogP contribution in [-0.4, -0.2) is 27.4 Å². The zero-order valence-electron chi connectivity index (χ0n) is 16.7. The summed E-state index contributed by atoms with van der Waals surface area (Å²) in [5.74, 6) is 2.16. The van der Waals surface area contributed by atoms with Crippen LogP contribution in [0.1, 0.15) is 50.1 Å². The average molecular weight is 395 g/mol. The highest BCUT2D eigenvalue weighted by Crippen LogP contribution is 2.32. The molecular weight excluding hydrogens is 369 g/mol. The van der Waals surface area contributed by atoms with Crippen LogP contribution in [0.25, 0.3) is 22.4 Å². The van der Waals surface area contributed by atoms with Crippen molar-refractivity contribution in [3.8, 4) is 11.5 Å². The Bertz CT molecular complexity index is 993. The van der Waals surface area contributed by atoms with E-state index in [-0.39, 0.29) is 18.4 Å².